The van der Waals surface area contributed by atoms with Gasteiger partial charge in [0.25, 0.3) is 0 Å². The van der Waals surface area contributed by atoms with Gasteiger partial charge in [0.2, 0.25) is 5.78 Å². The molecule has 0 amide bonds. The Bertz CT molecular complexity index is 178. The molecule has 0 aromatic heterocycles. The molecule has 11 heavy (non-hydrogen) atoms. The van der Waals surface area contributed by atoms with Gasteiger partial charge in [-0.3, -0.25) is 4.79 Å². The first-order chi connectivity index (χ1) is 4.89. The third-order valence-electron chi connectivity index (χ3n) is 0.685. The van der Waals surface area contributed by atoms with Crippen LogP contribution in [-0.4, -0.2) is 24.5 Å². The summed E-state index contributed by atoms with van der Waals surface area (Å²) >= 11 is 0. The van der Waals surface area contributed by atoms with Gasteiger partial charge in [-0.05, 0) is 0 Å². The number of halogens is 3. The second kappa shape index (κ2) is 3.36. The highest BCUT2D eigenvalue weighted by atomic mass is 19.3. The lowest BCUT2D eigenvalue weighted by molar-refractivity contribution is -0.236. The van der Waals surface area contributed by atoms with Crippen LogP contribution < -0.4 is 0 Å². The maximum Gasteiger partial charge on any atom is 0.429 e. The van der Waals surface area contributed by atoms with E-state index in [1.165, 1.54) is 0 Å². The maximum absolute atomic E-state index is 11.8. The molecule has 0 bridgehead atoms. The number of hydrogen-bond donors (Lipinski definition) is 0. The number of Topliss-reactive ketones (excluding diaryl/α,β-unsaturated/α-hetero) is 1. The highest BCUT2D eigenvalue weighted by Crippen LogP contribution is 2.15. The lowest BCUT2D eigenvalue weighted by Crippen LogP contribution is -2.30. The van der Waals surface area contributed by atoms with Gasteiger partial charge in [0.15, 0.2) is 6.67 Å². The quantitative estimate of drug-likeness (QED) is 0.462. The summed E-state index contributed by atoms with van der Waals surface area (Å²) in [6.45, 7) is -1.39. The van der Waals surface area contributed by atoms with E-state index in [9.17, 15) is 22.8 Å². The molecule has 0 aliphatic heterocycles. The molecule has 0 aliphatic rings. The molecule has 0 saturated carbocycles. The van der Waals surface area contributed by atoms with Gasteiger partial charge in [0.05, 0.1) is 0 Å². The van der Waals surface area contributed by atoms with Crippen molar-refractivity contribution in [2.24, 2.45) is 0 Å². The Labute approximate surface area is 60.1 Å². The molecule has 0 radical (unpaired) electrons. The summed E-state index contributed by atoms with van der Waals surface area (Å²) in [7, 11) is 0. The minimum Gasteiger partial charge on any atom is -0.393 e. The zero-order valence-electron chi connectivity index (χ0n) is 5.57. The van der Waals surface area contributed by atoms with Gasteiger partial charge in [0.1, 0.15) is 0 Å². The average Bonchev–Trinajstić information content (AvgIpc) is 1.87. The first kappa shape index (κ1) is 9.93. The van der Waals surface area contributed by atoms with Crippen LogP contribution >= 0.6 is 0 Å². The molecule has 0 aromatic carbocycles. The molecule has 0 atom stereocenters. The molecule has 0 fully saturated rings. The van der Waals surface area contributed by atoms with E-state index in [2.05, 4.69) is 4.74 Å². The van der Waals surface area contributed by atoms with Gasteiger partial charge in [-0.1, -0.05) is 0 Å². The van der Waals surface area contributed by atoms with Crippen molar-refractivity contribution in [3.8, 4) is 0 Å². The third kappa shape index (κ3) is 3.59. The van der Waals surface area contributed by atoms with Crippen LogP contribution in [0.3, 0.4) is 0 Å². The summed E-state index contributed by atoms with van der Waals surface area (Å²) in [5.41, 5.74) is 0. The van der Waals surface area contributed by atoms with Crippen LogP contribution in [0.1, 0.15) is 6.92 Å². The van der Waals surface area contributed by atoms with Gasteiger partial charge in [0, 0.05) is 6.92 Å². The standard InChI is InChI=1S/C5H5F3O3/c1-3(9)4(10)11-5(7,8)2-6/h2H2,1H3. The summed E-state index contributed by atoms with van der Waals surface area (Å²) in [6.07, 6.45) is -4.19. The summed E-state index contributed by atoms with van der Waals surface area (Å²) in [4.78, 5) is 20.1. The van der Waals surface area contributed by atoms with Crippen LogP contribution in [0.5, 0.6) is 0 Å². The molecule has 6 heteroatoms. The number of rotatable bonds is 3. The van der Waals surface area contributed by atoms with E-state index < -0.39 is 24.5 Å². The predicted molar refractivity (Wildman–Crippen MR) is 27.7 cm³/mol. The molecule has 0 aromatic rings. The Morgan fingerprint density at radius 3 is 2.18 bits per heavy atom. The van der Waals surface area contributed by atoms with Crippen LogP contribution in [0.25, 0.3) is 0 Å². The topological polar surface area (TPSA) is 43.4 Å². The Kier molecular flexibility index (Phi) is 3.03. The van der Waals surface area contributed by atoms with Gasteiger partial charge >= 0.3 is 12.1 Å². The van der Waals surface area contributed by atoms with Crippen LogP contribution in [0, 0.1) is 0 Å². The molecule has 64 valence electrons. The second-order valence-electron chi connectivity index (χ2n) is 1.72. The molecule has 3 nitrogen and oxygen atoms in total. The van der Waals surface area contributed by atoms with Gasteiger partial charge in [-0.15, -0.1) is 0 Å². The molecule has 0 aliphatic carbocycles. The smallest absolute Gasteiger partial charge is 0.393 e. The van der Waals surface area contributed by atoms with Crippen molar-refractivity contribution < 1.29 is 27.5 Å². The SMILES string of the molecule is CC(=O)C(=O)OC(F)(F)CF. The van der Waals surface area contributed by atoms with Crippen LogP contribution in [0.2, 0.25) is 0 Å². The lowest BCUT2D eigenvalue weighted by atomic mass is 10.5. The number of esters is 1. The minimum atomic E-state index is -4.19. The largest absolute Gasteiger partial charge is 0.429 e. The van der Waals surface area contributed by atoms with Crippen LogP contribution in [0.4, 0.5) is 13.2 Å². The number of carbonyl (C=O) groups is 2. The predicted octanol–water partition coefficient (Wildman–Crippen LogP) is 0.681. The molecule has 0 heterocycles. The normalized spacial score (nSPS) is 10.9. The molecular weight excluding hydrogens is 165 g/mol. The summed E-state index contributed by atoms with van der Waals surface area (Å²) in [5.74, 6) is -2.94. The zero-order valence-corrected chi connectivity index (χ0v) is 5.57. The number of ketones is 1. The fraction of sp³-hybridized carbons (Fsp3) is 0.600. The average molecular weight is 170 g/mol. The summed E-state index contributed by atoms with van der Waals surface area (Å²) in [6, 6.07) is 0. The summed E-state index contributed by atoms with van der Waals surface area (Å²) in [5, 5.41) is 0. The van der Waals surface area contributed by atoms with E-state index in [-0.39, 0.29) is 0 Å². The zero-order chi connectivity index (χ0) is 9.07. The van der Waals surface area contributed by atoms with Gasteiger partial charge in [-0.25, -0.2) is 9.18 Å². The molecule has 0 unspecified atom stereocenters. The van der Waals surface area contributed by atoms with E-state index >= 15 is 0 Å². The van der Waals surface area contributed by atoms with Crippen molar-refractivity contribution in [3.05, 3.63) is 0 Å². The number of hydrogen-bond acceptors (Lipinski definition) is 3. The van der Waals surface area contributed by atoms with E-state index in [1.54, 1.807) is 0 Å². The monoisotopic (exact) mass is 170 g/mol. The first-order valence-corrected chi connectivity index (χ1v) is 2.57. The molecule has 0 rings (SSSR count). The maximum atomic E-state index is 11.8. The third-order valence-corrected chi connectivity index (χ3v) is 0.685. The van der Waals surface area contributed by atoms with Gasteiger partial charge in [-0.2, -0.15) is 8.78 Å². The second-order valence-corrected chi connectivity index (χ2v) is 1.72. The van der Waals surface area contributed by atoms with Crippen molar-refractivity contribution in [2.45, 2.75) is 13.0 Å². The minimum absolute atomic E-state index is 0.747. The highest BCUT2D eigenvalue weighted by molar-refractivity contribution is 6.32. The number of ether oxygens (including phenoxy) is 1. The van der Waals surface area contributed by atoms with E-state index in [0.717, 1.165) is 6.92 Å². The highest BCUT2D eigenvalue weighted by Gasteiger charge is 2.35. The van der Waals surface area contributed by atoms with Crippen molar-refractivity contribution in [1.29, 1.82) is 0 Å². The van der Waals surface area contributed by atoms with E-state index in [0.29, 0.717) is 0 Å². The fourth-order valence-corrected chi connectivity index (χ4v) is 0.235. The van der Waals surface area contributed by atoms with Crippen molar-refractivity contribution in [1.82, 2.24) is 0 Å². The Balaban J connectivity index is 4.04. The van der Waals surface area contributed by atoms with Crippen molar-refractivity contribution >= 4 is 11.8 Å². The Morgan fingerprint density at radius 1 is 1.45 bits per heavy atom. The van der Waals surface area contributed by atoms with Gasteiger partial charge < -0.3 is 4.74 Å². The number of alkyl halides is 3. The molecular formula is C5H5F3O3. The fourth-order valence-electron chi connectivity index (χ4n) is 0.235. The van der Waals surface area contributed by atoms with Crippen molar-refractivity contribution in [3.63, 3.8) is 0 Å². The number of carbonyl (C=O) groups excluding carboxylic acids is 2. The Morgan fingerprint density at radius 2 is 1.91 bits per heavy atom. The molecule has 0 saturated heterocycles. The summed E-state index contributed by atoms with van der Waals surface area (Å²) < 4.78 is 38.0. The molecule has 0 spiro atoms. The molecule has 0 N–H and O–H groups in total. The lowest BCUT2D eigenvalue weighted by Gasteiger charge is -2.10. The van der Waals surface area contributed by atoms with Crippen molar-refractivity contribution in [2.75, 3.05) is 6.67 Å². The van der Waals surface area contributed by atoms with Crippen LogP contribution in [0.15, 0.2) is 0 Å². The van der Waals surface area contributed by atoms with Crippen LogP contribution in [-0.2, 0) is 14.3 Å². The van der Waals surface area contributed by atoms with E-state index in [4.69, 9.17) is 0 Å². The van der Waals surface area contributed by atoms with E-state index in [1.807, 2.05) is 0 Å². The Hall–Kier alpha value is -1.07. The first-order valence-electron chi connectivity index (χ1n) is 2.57.